The van der Waals surface area contributed by atoms with Gasteiger partial charge in [-0.2, -0.15) is 0 Å². The van der Waals surface area contributed by atoms with Crippen LogP contribution in [0, 0.1) is 0 Å². The largest absolute Gasteiger partial charge is 0.466 e. The van der Waals surface area contributed by atoms with Crippen LogP contribution >= 0.6 is 15.9 Å². The van der Waals surface area contributed by atoms with E-state index in [9.17, 15) is 9.59 Å². The average molecular weight is 251 g/mol. The molecule has 74 valence electrons. The fourth-order valence-electron chi connectivity index (χ4n) is 0.707. The molecule has 0 fully saturated rings. The molecule has 0 aromatic rings. The quantitative estimate of drug-likeness (QED) is 0.427. The van der Waals surface area contributed by atoms with Gasteiger partial charge in [-0.25, -0.2) is 9.59 Å². The van der Waals surface area contributed by atoms with Crippen molar-refractivity contribution >= 4 is 27.9 Å². The molecular weight excluding hydrogens is 240 g/mol. The monoisotopic (exact) mass is 250 g/mol. The van der Waals surface area contributed by atoms with Crippen LogP contribution < -0.4 is 0 Å². The number of alkyl halides is 1. The molecule has 0 amide bonds. The van der Waals surface area contributed by atoms with E-state index < -0.39 is 11.9 Å². The van der Waals surface area contributed by atoms with Gasteiger partial charge in [-0.1, -0.05) is 15.9 Å². The fourth-order valence-corrected chi connectivity index (χ4v) is 1.36. The van der Waals surface area contributed by atoms with Crippen LogP contribution in [0.4, 0.5) is 0 Å². The molecule has 0 unspecified atom stereocenters. The van der Waals surface area contributed by atoms with E-state index in [4.69, 9.17) is 0 Å². The lowest BCUT2D eigenvalue weighted by atomic mass is 10.1. The molecule has 0 spiro atoms. The number of carbonyl (C=O) groups is 2. The first kappa shape index (κ1) is 12.2. The second-order valence-corrected chi connectivity index (χ2v) is 2.78. The van der Waals surface area contributed by atoms with Crippen LogP contribution in [0.5, 0.6) is 0 Å². The molecule has 0 radical (unpaired) electrons. The van der Waals surface area contributed by atoms with Gasteiger partial charge in [0.2, 0.25) is 0 Å². The van der Waals surface area contributed by atoms with Crippen LogP contribution in [0.1, 0.15) is 6.92 Å². The minimum Gasteiger partial charge on any atom is -0.466 e. The zero-order chi connectivity index (χ0) is 10.4. The standard InChI is InChI=1S/C8H11BrO4/c1-5(7(10)12-2)6(4-9)8(11)13-3/h4H2,1-3H3/b6-5-. The van der Waals surface area contributed by atoms with E-state index in [1.54, 1.807) is 0 Å². The van der Waals surface area contributed by atoms with Gasteiger partial charge in [0, 0.05) is 10.9 Å². The first-order valence-corrected chi connectivity index (χ1v) is 4.63. The summed E-state index contributed by atoms with van der Waals surface area (Å²) >= 11 is 3.09. The third kappa shape index (κ3) is 3.18. The van der Waals surface area contributed by atoms with E-state index in [0.29, 0.717) is 0 Å². The molecule has 0 saturated carbocycles. The summed E-state index contributed by atoms with van der Waals surface area (Å²) in [5.74, 6) is -1.06. The maximum absolute atomic E-state index is 11.1. The lowest BCUT2D eigenvalue weighted by molar-refractivity contribution is -0.139. The molecule has 0 aliphatic heterocycles. The first-order valence-electron chi connectivity index (χ1n) is 3.50. The summed E-state index contributed by atoms with van der Waals surface area (Å²) in [6.07, 6.45) is 0. The molecule has 0 bridgehead atoms. The fraction of sp³-hybridized carbons (Fsp3) is 0.500. The molecule has 4 nitrogen and oxygen atoms in total. The minimum absolute atomic E-state index is 0.256. The van der Waals surface area contributed by atoms with E-state index >= 15 is 0 Å². The molecule has 0 aliphatic carbocycles. The third-order valence-electron chi connectivity index (χ3n) is 1.51. The van der Waals surface area contributed by atoms with E-state index in [-0.39, 0.29) is 16.5 Å². The number of methoxy groups -OCH3 is 2. The van der Waals surface area contributed by atoms with E-state index in [1.807, 2.05) is 0 Å². The van der Waals surface area contributed by atoms with E-state index in [2.05, 4.69) is 25.4 Å². The molecule has 0 atom stereocenters. The number of hydrogen-bond donors (Lipinski definition) is 0. The lowest BCUT2D eigenvalue weighted by Gasteiger charge is -2.05. The zero-order valence-corrected chi connectivity index (χ0v) is 9.30. The van der Waals surface area contributed by atoms with Crippen LogP contribution in [-0.4, -0.2) is 31.5 Å². The summed E-state index contributed by atoms with van der Waals surface area (Å²) in [6.45, 7) is 1.51. The van der Waals surface area contributed by atoms with Gasteiger partial charge in [0.25, 0.3) is 0 Å². The average Bonchev–Trinajstić information content (AvgIpc) is 2.17. The van der Waals surface area contributed by atoms with Crippen molar-refractivity contribution in [1.82, 2.24) is 0 Å². The summed E-state index contributed by atoms with van der Waals surface area (Å²) in [7, 11) is 2.52. The Hall–Kier alpha value is -0.840. The molecule has 0 rings (SSSR count). The first-order chi connectivity index (χ1) is 6.08. The van der Waals surface area contributed by atoms with E-state index in [1.165, 1.54) is 21.1 Å². The summed E-state index contributed by atoms with van der Waals surface area (Å²) < 4.78 is 8.95. The van der Waals surface area contributed by atoms with Crippen molar-refractivity contribution in [3.05, 3.63) is 11.1 Å². The van der Waals surface area contributed by atoms with Crippen LogP contribution in [0.2, 0.25) is 0 Å². The number of carbonyl (C=O) groups excluding carboxylic acids is 2. The highest BCUT2D eigenvalue weighted by Crippen LogP contribution is 2.10. The van der Waals surface area contributed by atoms with Crippen molar-refractivity contribution in [2.24, 2.45) is 0 Å². The van der Waals surface area contributed by atoms with Crippen LogP contribution in [0.25, 0.3) is 0 Å². The normalized spacial score (nSPS) is 11.7. The molecule has 5 heteroatoms. The molecule has 0 saturated heterocycles. The van der Waals surface area contributed by atoms with Crippen molar-refractivity contribution in [3.63, 3.8) is 0 Å². The van der Waals surface area contributed by atoms with Crippen LogP contribution in [-0.2, 0) is 19.1 Å². The molecular formula is C8H11BrO4. The zero-order valence-electron chi connectivity index (χ0n) is 7.72. The van der Waals surface area contributed by atoms with Crippen molar-refractivity contribution in [3.8, 4) is 0 Å². The molecule has 0 heterocycles. The minimum atomic E-state index is -0.528. The maximum Gasteiger partial charge on any atom is 0.335 e. The Morgan fingerprint density at radius 1 is 1.15 bits per heavy atom. The Bertz CT molecular complexity index is 245. The van der Waals surface area contributed by atoms with Crippen molar-refractivity contribution in [1.29, 1.82) is 0 Å². The van der Waals surface area contributed by atoms with Crippen molar-refractivity contribution in [2.45, 2.75) is 6.92 Å². The predicted octanol–water partition coefficient (Wildman–Crippen LogP) is 1.04. The van der Waals surface area contributed by atoms with Gasteiger partial charge >= 0.3 is 11.9 Å². The second kappa shape index (κ2) is 5.75. The number of ether oxygens (including phenoxy) is 2. The smallest absolute Gasteiger partial charge is 0.335 e. The number of hydrogen-bond acceptors (Lipinski definition) is 4. The summed E-state index contributed by atoms with van der Waals surface area (Å²) in [6, 6.07) is 0. The highest BCUT2D eigenvalue weighted by molar-refractivity contribution is 9.09. The van der Waals surface area contributed by atoms with Crippen LogP contribution in [0.15, 0.2) is 11.1 Å². The van der Waals surface area contributed by atoms with Gasteiger partial charge in [0.1, 0.15) is 0 Å². The number of esters is 2. The maximum atomic E-state index is 11.1. The van der Waals surface area contributed by atoms with Crippen LogP contribution in [0.3, 0.4) is 0 Å². The second-order valence-electron chi connectivity index (χ2n) is 2.22. The Labute approximate surface area is 85.0 Å². The Balaban J connectivity index is 4.89. The Morgan fingerprint density at radius 3 is 1.92 bits per heavy atom. The molecule has 0 aromatic heterocycles. The van der Waals surface area contributed by atoms with Crippen molar-refractivity contribution < 1.29 is 19.1 Å². The van der Waals surface area contributed by atoms with Gasteiger partial charge in [-0.15, -0.1) is 0 Å². The predicted molar refractivity (Wildman–Crippen MR) is 50.5 cm³/mol. The number of halogens is 1. The summed E-state index contributed by atoms with van der Waals surface area (Å²) in [5.41, 5.74) is 0.528. The molecule has 13 heavy (non-hydrogen) atoms. The van der Waals surface area contributed by atoms with Crippen molar-refractivity contribution in [2.75, 3.05) is 19.5 Å². The topological polar surface area (TPSA) is 52.6 Å². The SMILES string of the molecule is COC(=O)/C(C)=C(/CBr)C(=O)OC. The Morgan fingerprint density at radius 2 is 1.62 bits per heavy atom. The lowest BCUT2D eigenvalue weighted by Crippen LogP contribution is -2.13. The van der Waals surface area contributed by atoms with Gasteiger partial charge in [0.15, 0.2) is 0 Å². The highest BCUT2D eigenvalue weighted by Gasteiger charge is 2.17. The molecule has 0 aromatic carbocycles. The third-order valence-corrected chi connectivity index (χ3v) is 2.07. The number of rotatable bonds is 3. The van der Waals surface area contributed by atoms with Gasteiger partial charge in [-0.05, 0) is 6.92 Å². The van der Waals surface area contributed by atoms with Gasteiger partial charge in [0.05, 0.1) is 19.8 Å². The van der Waals surface area contributed by atoms with Gasteiger partial charge in [-0.3, -0.25) is 0 Å². The molecule has 0 N–H and O–H groups in total. The van der Waals surface area contributed by atoms with E-state index in [0.717, 1.165) is 0 Å². The van der Waals surface area contributed by atoms with Gasteiger partial charge < -0.3 is 9.47 Å². The summed E-state index contributed by atoms with van der Waals surface area (Å²) in [4.78, 5) is 22.1. The molecule has 0 aliphatic rings. The highest BCUT2D eigenvalue weighted by atomic mass is 79.9. The Kier molecular flexibility index (Phi) is 5.37. The summed E-state index contributed by atoms with van der Waals surface area (Å²) in [5, 5.41) is 0.264.